The molecule has 1 aromatic carbocycles. The SMILES string of the molecule is CC(=O)N(C)c1ccc(NC(=O)c2cc(C3CC3)nc3c2cnn3C(C)C)cc1. The number of hydrogen-bond acceptors (Lipinski definition) is 4. The number of pyridine rings is 1. The van der Waals surface area contributed by atoms with E-state index < -0.39 is 0 Å². The van der Waals surface area contributed by atoms with Gasteiger partial charge in [0.2, 0.25) is 5.91 Å². The zero-order valence-electron chi connectivity index (χ0n) is 17.1. The number of nitrogens with zero attached hydrogens (tertiary/aromatic N) is 4. The third kappa shape index (κ3) is 3.72. The molecule has 4 rings (SSSR count). The first kappa shape index (κ1) is 19.1. The standard InChI is InChI=1S/C22H25N5O2/c1-13(2)27-21-19(12-23-27)18(11-20(25-21)15-5-6-15)22(29)24-16-7-9-17(10-8-16)26(4)14(3)28/h7-13,15H,5-6H2,1-4H3,(H,24,29). The second kappa shape index (κ2) is 7.31. The highest BCUT2D eigenvalue weighted by molar-refractivity contribution is 6.12. The van der Waals surface area contributed by atoms with Crippen molar-refractivity contribution in [1.29, 1.82) is 0 Å². The molecule has 0 saturated heterocycles. The minimum atomic E-state index is -0.185. The fourth-order valence-electron chi connectivity index (χ4n) is 3.34. The van der Waals surface area contributed by atoms with Crippen LogP contribution in [0.3, 0.4) is 0 Å². The lowest BCUT2D eigenvalue weighted by Crippen LogP contribution is -2.22. The summed E-state index contributed by atoms with van der Waals surface area (Å²) in [5.41, 5.74) is 3.76. The van der Waals surface area contributed by atoms with Crippen LogP contribution in [0.5, 0.6) is 0 Å². The van der Waals surface area contributed by atoms with Crippen LogP contribution in [0.1, 0.15) is 61.6 Å². The number of carbonyl (C=O) groups is 2. The summed E-state index contributed by atoms with van der Waals surface area (Å²) in [6, 6.07) is 9.28. The Hall–Kier alpha value is -3.22. The molecule has 0 spiro atoms. The van der Waals surface area contributed by atoms with Gasteiger partial charge in [-0.3, -0.25) is 9.59 Å². The van der Waals surface area contributed by atoms with Gasteiger partial charge in [0.25, 0.3) is 5.91 Å². The molecular weight excluding hydrogens is 366 g/mol. The molecule has 0 unspecified atom stereocenters. The van der Waals surface area contributed by atoms with E-state index in [1.54, 1.807) is 30.3 Å². The monoisotopic (exact) mass is 391 g/mol. The lowest BCUT2D eigenvalue weighted by molar-refractivity contribution is -0.116. The summed E-state index contributed by atoms with van der Waals surface area (Å²) in [4.78, 5) is 30.9. The third-order valence-corrected chi connectivity index (χ3v) is 5.30. The molecule has 1 N–H and O–H groups in total. The van der Waals surface area contributed by atoms with Crippen molar-refractivity contribution in [3.8, 4) is 0 Å². The predicted octanol–water partition coefficient (Wildman–Crippen LogP) is 4.12. The highest BCUT2D eigenvalue weighted by atomic mass is 16.2. The van der Waals surface area contributed by atoms with Crippen LogP contribution in [0, 0.1) is 0 Å². The highest BCUT2D eigenvalue weighted by Gasteiger charge is 2.28. The number of aromatic nitrogens is 3. The first-order chi connectivity index (χ1) is 13.8. The van der Waals surface area contributed by atoms with Gasteiger partial charge < -0.3 is 10.2 Å². The molecule has 7 heteroatoms. The van der Waals surface area contributed by atoms with Crippen molar-refractivity contribution >= 4 is 34.2 Å². The van der Waals surface area contributed by atoms with Crippen molar-refractivity contribution in [3.05, 3.63) is 47.8 Å². The van der Waals surface area contributed by atoms with E-state index >= 15 is 0 Å². The van der Waals surface area contributed by atoms with E-state index in [2.05, 4.69) is 24.3 Å². The largest absolute Gasteiger partial charge is 0.322 e. The van der Waals surface area contributed by atoms with Crippen molar-refractivity contribution in [1.82, 2.24) is 14.8 Å². The lowest BCUT2D eigenvalue weighted by Gasteiger charge is -2.15. The fraction of sp³-hybridized carbons (Fsp3) is 0.364. The average molecular weight is 391 g/mol. The number of nitrogens with one attached hydrogen (secondary N) is 1. The molecule has 150 valence electrons. The Morgan fingerprint density at radius 3 is 2.48 bits per heavy atom. The van der Waals surface area contributed by atoms with Gasteiger partial charge in [-0.1, -0.05) is 0 Å². The number of benzene rings is 1. The highest BCUT2D eigenvalue weighted by Crippen LogP contribution is 2.40. The lowest BCUT2D eigenvalue weighted by atomic mass is 10.1. The van der Waals surface area contributed by atoms with Crippen LogP contribution in [0.15, 0.2) is 36.5 Å². The van der Waals surface area contributed by atoms with Gasteiger partial charge in [0.05, 0.1) is 17.1 Å². The Labute approximate surface area is 169 Å². The minimum Gasteiger partial charge on any atom is -0.322 e. The van der Waals surface area contributed by atoms with Crippen molar-refractivity contribution < 1.29 is 9.59 Å². The van der Waals surface area contributed by atoms with Gasteiger partial charge in [0.1, 0.15) is 0 Å². The zero-order valence-corrected chi connectivity index (χ0v) is 17.1. The number of fused-ring (bicyclic) bond motifs is 1. The topological polar surface area (TPSA) is 80.1 Å². The molecule has 0 aliphatic heterocycles. The first-order valence-electron chi connectivity index (χ1n) is 9.89. The van der Waals surface area contributed by atoms with E-state index in [4.69, 9.17) is 4.98 Å². The van der Waals surface area contributed by atoms with E-state index in [0.717, 1.165) is 35.3 Å². The molecule has 0 atom stereocenters. The van der Waals surface area contributed by atoms with Gasteiger partial charge in [-0.05, 0) is 57.0 Å². The smallest absolute Gasteiger partial charge is 0.256 e. The van der Waals surface area contributed by atoms with Crippen LogP contribution >= 0.6 is 0 Å². The maximum absolute atomic E-state index is 13.1. The maximum atomic E-state index is 13.1. The normalized spacial score (nSPS) is 13.7. The number of amides is 2. The number of rotatable bonds is 5. The Kier molecular flexibility index (Phi) is 4.82. The first-order valence-corrected chi connectivity index (χ1v) is 9.89. The van der Waals surface area contributed by atoms with Crippen LogP contribution in [0.25, 0.3) is 11.0 Å². The fourth-order valence-corrected chi connectivity index (χ4v) is 3.34. The molecule has 1 aliphatic carbocycles. The summed E-state index contributed by atoms with van der Waals surface area (Å²) in [5.74, 6) is 0.203. The van der Waals surface area contributed by atoms with Crippen LogP contribution in [-0.4, -0.2) is 33.6 Å². The van der Waals surface area contributed by atoms with Gasteiger partial charge in [-0.2, -0.15) is 5.10 Å². The van der Waals surface area contributed by atoms with Gasteiger partial charge in [0, 0.05) is 43.0 Å². The number of hydrogen-bond donors (Lipinski definition) is 1. The van der Waals surface area contributed by atoms with Gasteiger partial charge in [0.15, 0.2) is 5.65 Å². The van der Waals surface area contributed by atoms with Crippen LogP contribution in [0.4, 0.5) is 11.4 Å². The molecule has 2 heterocycles. The molecule has 1 saturated carbocycles. The number of anilines is 2. The van der Waals surface area contributed by atoms with Crippen LogP contribution in [-0.2, 0) is 4.79 Å². The molecule has 1 fully saturated rings. The van der Waals surface area contributed by atoms with E-state index in [9.17, 15) is 9.59 Å². The second-order valence-electron chi connectivity index (χ2n) is 7.87. The Morgan fingerprint density at radius 2 is 1.90 bits per heavy atom. The zero-order chi connectivity index (χ0) is 20.7. The number of carbonyl (C=O) groups excluding carboxylic acids is 2. The van der Waals surface area contributed by atoms with E-state index in [1.165, 1.54) is 6.92 Å². The molecular formula is C22H25N5O2. The summed E-state index contributed by atoms with van der Waals surface area (Å²) in [6.45, 7) is 5.62. The summed E-state index contributed by atoms with van der Waals surface area (Å²) in [7, 11) is 1.72. The minimum absolute atomic E-state index is 0.0456. The van der Waals surface area contributed by atoms with Gasteiger partial charge in [-0.15, -0.1) is 0 Å². The maximum Gasteiger partial charge on any atom is 0.256 e. The molecule has 7 nitrogen and oxygen atoms in total. The van der Waals surface area contributed by atoms with E-state index in [1.807, 2.05) is 22.9 Å². The Balaban J connectivity index is 1.65. The molecule has 0 radical (unpaired) electrons. The molecule has 2 amide bonds. The van der Waals surface area contributed by atoms with E-state index in [0.29, 0.717) is 17.2 Å². The molecule has 1 aliphatic rings. The van der Waals surface area contributed by atoms with Crippen molar-refractivity contribution in [2.24, 2.45) is 0 Å². The molecule has 0 bridgehead atoms. The summed E-state index contributed by atoms with van der Waals surface area (Å²) in [6.07, 6.45) is 3.94. The molecule has 3 aromatic rings. The van der Waals surface area contributed by atoms with Crippen LogP contribution < -0.4 is 10.2 Å². The third-order valence-electron chi connectivity index (χ3n) is 5.30. The Bertz CT molecular complexity index is 1080. The second-order valence-corrected chi connectivity index (χ2v) is 7.87. The summed E-state index contributed by atoms with van der Waals surface area (Å²) >= 11 is 0. The molecule has 2 aromatic heterocycles. The van der Waals surface area contributed by atoms with E-state index in [-0.39, 0.29) is 17.9 Å². The quantitative estimate of drug-likeness (QED) is 0.709. The van der Waals surface area contributed by atoms with Gasteiger partial charge in [-0.25, -0.2) is 9.67 Å². The molecule has 29 heavy (non-hydrogen) atoms. The van der Waals surface area contributed by atoms with Gasteiger partial charge >= 0.3 is 0 Å². The summed E-state index contributed by atoms with van der Waals surface area (Å²) in [5, 5.41) is 8.17. The summed E-state index contributed by atoms with van der Waals surface area (Å²) < 4.78 is 1.87. The predicted molar refractivity (Wildman–Crippen MR) is 113 cm³/mol. The average Bonchev–Trinajstić information content (AvgIpc) is 3.45. The Morgan fingerprint density at radius 1 is 1.21 bits per heavy atom. The van der Waals surface area contributed by atoms with Crippen molar-refractivity contribution in [3.63, 3.8) is 0 Å². The van der Waals surface area contributed by atoms with Crippen molar-refractivity contribution in [2.75, 3.05) is 17.3 Å². The van der Waals surface area contributed by atoms with Crippen molar-refractivity contribution in [2.45, 2.75) is 45.6 Å². The van der Waals surface area contributed by atoms with Crippen LogP contribution in [0.2, 0.25) is 0 Å².